The van der Waals surface area contributed by atoms with Crippen LogP contribution in [0, 0.1) is 6.07 Å². The molecule has 2 nitrogen and oxygen atoms in total. The molecule has 1 heterocycles. The number of rotatable bonds is 2. The molecule has 16 heavy (non-hydrogen) atoms. The first-order valence-corrected chi connectivity index (χ1v) is 6.44. The van der Waals surface area contributed by atoms with Crippen LogP contribution in [-0.2, 0) is 0 Å². The average Bonchev–Trinajstić information content (AvgIpc) is 2.92. The fraction of sp³-hybridized carbons (Fsp3) is 0.571. The summed E-state index contributed by atoms with van der Waals surface area (Å²) in [6, 6.07) is 11.7. The summed E-state index contributed by atoms with van der Waals surface area (Å²) in [5.74, 6) is 0.726. The Kier molecular flexibility index (Phi) is 1.83. The lowest BCUT2D eigenvalue weighted by Gasteiger charge is -2.21. The highest BCUT2D eigenvalue weighted by molar-refractivity contribution is 5.60. The maximum atomic E-state index is 3.79. The van der Waals surface area contributed by atoms with E-state index >= 15 is 0 Å². The zero-order valence-electron chi connectivity index (χ0n) is 9.37. The molecule has 1 radical (unpaired) electrons. The zero-order chi connectivity index (χ0) is 10.5. The van der Waals surface area contributed by atoms with Crippen LogP contribution in [-0.4, -0.2) is 18.1 Å². The molecule has 3 atom stereocenters. The van der Waals surface area contributed by atoms with E-state index in [1.807, 2.05) is 6.07 Å². The molecule has 2 aliphatic carbocycles. The average molecular weight is 213 g/mol. The molecule has 0 amide bonds. The summed E-state index contributed by atoms with van der Waals surface area (Å²) in [6.07, 6.45) is 5.42. The molecule has 0 bridgehead atoms. The van der Waals surface area contributed by atoms with Crippen LogP contribution in [0.15, 0.2) is 18.2 Å². The van der Waals surface area contributed by atoms with Crippen molar-refractivity contribution in [2.45, 2.75) is 49.7 Å². The van der Waals surface area contributed by atoms with Crippen LogP contribution in [0.2, 0.25) is 0 Å². The maximum absolute atomic E-state index is 3.79. The molecular formula is C14H17N2. The molecule has 3 aliphatic rings. The Morgan fingerprint density at radius 2 is 2.19 bits per heavy atom. The van der Waals surface area contributed by atoms with Crippen molar-refractivity contribution in [3.63, 3.8) is 0 Å². The van der Waals surface area contributed by atoms with E-state index in [-0.39, 0.29) is 0 Å². The third-order valence-electron chi connectivity index (χ3n) is 4.30. The second-order valence-corrected chi connectivity index (χ2v) is 5.41. The number of benzene rings is 1. The molecule has 2 N–H and O–H groups in total. The van der Waals surface area contributed by atoms with Gasteiger partial charge in [0, 0.05) is 29.7 Å². The van der Waals surface area contributed by atoms with E-state index < -0.39 is 0 Å². The molecule has 1 aromatic carbocycles. The lowest BCUT2D eigenvalue weighted by atomic mass is 9.97. The first-order chi connectivity index (χ1) is 7.92. The molecule has 2 fully saturated rings. The van der Waals surface area contributed by atoms with Gasteiger partial charge in [0.25, 0.3) is 0 Å². The van der Waals surface area contributed by atoms with E-state index in [1.54, 1.807) is 0 Å². The van der Waals surface area contributed by atoms with Gasteiger partial charge in [-0.2, -0.15) is 0 Å². The van der Waals surface area contributed by atoms with Crippen LogP contribution >= 0.6 is 0 Å². The summed E-state index contributed by atoms with van der Waals surface area (Å²) < 4.78 is 0. The van der Waals surface area contributed by atoms with Crippen LogP contribution < -0.4 is 10.6 Å². The van der Waals surface area contributed by atoms with Crippen LogP contribution in [0.25, 0.3) is 0 Å². The molecule has 0 spiro atoms. The summed E-state index contributed by atoms with van der Waals surface area (Å²) in [5.41, 5.74) is 2.84. The minimum Gasteiger partial charge on any atom is -0.380 e. The summed E-state index contributed by atoms with van der Waals surface area (Å²) in [4.78, 5) is 0. The highest BCUT2D eigenvalue weighted by atomic mass is 15.1. The lowest BCUT2D eigenvalue weighted by Crippen LogP contribution is -2.41. The Morgan fingerprint density at radius 3 is 3.06 bits per heavy atom. The summed E-state index contributed by atoms with van der Waals surface area (Å²) in [7, 11) is 0. The Balaban J connectivity index is 1.59. The second-order valence-electron chi connectivity index (χ2n) is 5.41. The zero-order valence-corrected chi connectivity index (χ0v) is 9.37. The summed E-state index contributed by atoms with van der Waals surface area (Å²) in [6.45, 7) is 0. The number of hydrogen-bond acceptors (Lipinski definition) is 2. The Hall–Kier alpha value is -1.02. The molecule has 83 valence electrons. The van der Waals surface area contributed by atoms with E-state index in [9.17, 15) is 0 Å². The van der Waals surface area contributed by atoms with Crippen molar-refractivity contribution in [3.8, 4) is 0 Å². The van der Waals surface area contributed by atoms with Gasteiger partial charge in [-0.05, 0) is 49.4 Å². The largest absolute Gasteiger partial charge is 0.380 e. The van der Waals surface area contributed by atoms with E-state index in [2.05, 4.69) is 28.8 Å². The van der Waals surface area contributed by atoms with Crippen molar-refractivity contribution in [3.05, 3.63) is 29.8 Å². The van der Waals surface area contributed by atoms with Crippen molar-refractivity contribution in [2.75, 3.05) is 5.32 Å². The van der Waals surface area contributed by atoms with Crippen molar-refractivity contribution in [1.82, 2.24) is 5.32 Å². The number of nitrogens with one attached hydrogen (secondary N) is 2. The first-order valence-electron chi connectivity index (χ1n) is 6.44. The molecule has 0 aromatic heterocycles. The van der Waals surface area contributed by atoms with Gasteiger partial charge >= 0.3 is 0 Å². The minimum absolute atomic E-state index is 0.631. The van der Waals surface area contributed by atoms with Crippen LogP contribution in [0.5, 0.6) is 0 Å². The quantitative estimate of drug-likeness (QED) is 0.787. The molecule has 2 heteroatoms. The van der Waals surface area contributed by atoms with Crippen molar-refractivity contribution < 1.29 is 0 Å². The fourth-order valence-corrected chi connectivity index (χ4v) is 3.35. The first kappa shape index (κ1) is 9.06. The SMILES string of the molecule is [c]1ccc2c(c1)C1CCC(NC3CC3)C1N2. The smallest absolute Gasteiger partial charge is 0.0484 e. The van der Waals surface area contributed by atoms with Gasteiger partial charge in [0.15, 0.2) is 0 Å². The molecule has 0 saturated heterocycles. The predicted molar refractivity (Wildman–Crippen MR) is 64.6 cm³/mol. The highest BCUT2D eigenvalue weighted by Gasteiger charge is 2.43. The minimum atomic E-state index is 0.631. The number of anilines is 1. The predicted octanol–water partition coefficient (Wildman–Crippen LogP) is 2.28. The monoisotopic (exact) mass is 213 g/mol. The molecule has 1 aromatic rings. The van der Waals surface area contributed by atoms with E-state index in [4.69, 9.17) is 0 Å². The van der Waals surface area contributed by atoms with Crippen molar-refractivity contribution in [1.29, 1.82) is 0 Å². The van der Waals surface area contributed by atoms with Gasteiger partial charge in [0.1, 0.15) is 0 Å². The van der Waals surface area contributed by atoms with Crippen molar-refractivity contribution in [2.24, 2.45) is 0 Å². The van der Waals surface area contributed by atoms with Crippen LogP contribution in [0.4, 0.5) is 5.69 Å². The van der Waals surface area contributed by atoms with Gasteiger partial charge in [-0.3, -0.25) is 0 Å². The lowest BCUT2D eigenvalue weighted by molar-refractivity contribution is 0.487. The third kappa shape index (κ3) is 1.29. The normalized spacial score (nSPS) is 35.6. The van der Waals surface area contributed by atoms with Crippen LogP contribution in [0.1, 0.15) is 37.2 Å². The van der Waals surface area contributed by atoms with E-state index in [1.165, 1.54) is 36.9 Å². The summed E-state index contributed by atoms with van der Waals surface area (Å²) in [5, 5.41) is 7.48. The van der Waals surface area contributed by atoms with Gasteiger partial charge in [-0.25, -0.2) is 0 Å². The molecule has 1 aliphatic heterocycles. The second kappa shape index (κ2) is 3.24. The molecule has 4 rings (SSSR count). The van der Waals surface area contributed by atoms with E-state index in [0.717, 1.165) is 12.0 Å². The topological polar surface area (TPSA) is 24.1 Å². The van der Waals surface area contributed by atoms with Gasteiger partial charge < -0.3 is 10.6 Å². The van der Waals surface area contributed by atoms with Gasteiger partial charge in [-0.1, -0.05) is 6.07 Å². The maximum Gasteiger partial charge on any atom is 0.0484 e. The Bertz CT molecular complexity index is 411. The number of hydrogen-bond donors (Lipinski definition) is 2. The van der Waals surface area contributed by atoms with Crippen LogP contribution in [0.3, 0.4) is 0 Å². The van der Waals surface area contributed by atoms with Gasteiger partial charge in [0.2, 0.25) is 0 Å². The van der Waals surface area contributed by atoms with Gasteiger partial charge in [0.05, 0.1) is 0 Å². The van der Waals surface area contributed by atoms with Gasteiger partial charge in [-0.15, -0.1) is 0 Å². The Labute approximate surface area is 96.4 Å². The molecule has 2 saturated carbocycles. The van der Waals surface area contributed by atoms with Crippen molar-refractivity contribution >= 4 is 5.69 Å². The molecular weight excluding hydrogens is 196 g/mol. The standard InChI is InChI=1S/C14H17N2/c1-2-4-12-10(3-1)11-7-8-13(14(11)16-12)15-9-5-6-9/h2-4,9,11,13-16H,5-8H2. The fourth-order valence-electron chi connectivity index (χ4n) is 3.35. The Morgan fingerprint density at radius 1 is 1.25 bits per heavy atom. The number of fused-ring (bicyclic) bond motifs is 3. The molecule has 3 unspecified atom stereocenters. The van der Waals surface area contributed by atoms with E-state index in [0.29, 0.717) is 12.1 Å². The third-order valence-corrected chi connectivity index (χ3v) is 4.30. The summed E-state index contributed by atoms with van der Waals surface area (Å²) >= 11 is 0. The highest BCUT2D eigenvalue weighted by Crippen LogP contribution is 2.45.